The summed E-state index contributed by atoms with van der Waals surface area (Å²) in [6, 6.07) is 12.8. The van der Waals surface area contributed by atoms with Crippen LogP contribution in [-0.2, 0) is 4.79 Å². The molecule has 1 aliphatic carbocycles. The molecule has 1 saturated heterocycles. The van der Waals surface area contributed by atoms with E-state index in [9.17, 15) is 9.18 Å². The number of rotatable bonds is 5. The Morgan fingerprint density at radius 3 is 2.58 bits per heavy atom. The highest BCUT2D eigenvalue weighted by Crippen LogP contribution is 2.43. The van der Waals surface area contributed by atoms with Crippen molar-refractivity contribution in [3.63, 3.8) is 0 Å². The van der Waals surface area contributed by atoms with Crippen molar-refractivity contribution in [2.75, 3.05) is 5.32 Å². The van der Waals surface area contributed by atoms with Gasteiger partial charge in [0.05, 0.1) is 40.7 Å². The number of nitrogens with zero attached hydrogens (tertiary/aromatic N) is 3. The van der Waals surface area contributed by atoms with Crippen LogP contribution in [0, 0.1) is 11.7 Å². The molecule has 4 aromatic rings. The van der Waals surface area contributed by atoms with Gasteiger partial charge in [0.25, 0.3) is 0 Å². The summed E-state index contributed by atoms with van der Waals surface area (Å²) in [5, 5.41) is 6.35. The molecule has 1 unspecified atom stereocenters. The van der Waals surface area contributed by atoms with Crippen molar-refractivity contribution in [1.82, 2.24) is 20.3 Å². The molecule has 1 aromatic carbocycles. The van der Waals surface area contributed by atoms with Crippen molar-refractivity contribution in [2.45, 2.75) is 32.9 Å². The van der Waals surface area contributed by atoms with Gasteiger partial charge in [0, 0.05) is 46.3 Å². The van der Waals surface area contributed by atoms with Gasteiger partial charge in [0.2, 0.25) is 5.91 Å². The Balaban J connectivity index is 1.26. The molecule has 7 rings (SSSR count). The largest absolute Gasteiger partial charge is 0.373 e. The van der Waals surface area contributed by atoms with E-state index in [1.807, 2.05) is 45.2 Å². The van der Waals surface area contributed by atoms with E-state index >= 15 is 0 Å². The van der Waals surface area contributed by atoms with Crippen LogP contribution in [0.25, 0.3) is 16.7 Å². The van der Waals surface area contributed by atoms with E-state index in [1.54, 1.807) is 12.4 Å². The lowest BCUT2D eigenvalue weighted by Gasteiger charge is -2.10. The minimum absolute atomic E-state index is 0.0574. The second-order valence-corrected chi connectivity index (χ2v) is 10.7. The lowest BCUT2D eigenvalue weighted by Crippen LogP contribution is -2.17. The Kier molecular flexibility index (Phi) is 5.52. The first kappa shape index (κ1) is 24.2. The number of carbonyl (C=O) groups excluding carboxylic acids is 1. The minimum Gasteiger partial charge on any atom is -0.373 e. The molecule has 2 aliphatic heterocycles. The molecule has 5 heterocycles. The van der Waals surface area contributed by atoms with E-state index in [4.69, 9.17) is 9.98 Å². The van der Waals surface area contributed by atoms with Crippen LogP contribution in [0.4, 0.5) is 10.1 Å². The van der Waals surface area contributed by atoms with Crippen molar-refractivity contribution in [3.05, 3.63) is 118 Å². The standard InChI is InChI=1S/C32H27FN6O/c1-16(2)32(40)37-22-10-19(13-34-15-22)20-11-25-28(35-14-20)17(3)36-29(25)27-12-24-23(18-4-6-21(33)7-5-18)8-9-26-31(38-26)30(24)39-27/h4-17,31,38-39H,1-3H3,(H,37,40)/t17-,31?/m0/s1. The molecule has 40 heavy (non-hydrogen) atoms. The summed E-state index contributed by atoms with van der Waals surface area (Å²) in [4.78, 5) is 30.0. The lowest BCUT2D eigenvalue weighted by molar-refractivity contribution is -0.118. The zero-order chi connectivity index (χ0) is 27.5. The summed E-state index contributed by atoms with van der Waals surface area (Å²) in [6.45, 7) is 5.76. The number of aromatic amines is 1. The summed E-state index contributed by atoms with van der Waals surface area (Å²) in [6.07, 6.45) is 9.43. The number of benzene rings is 1. The number of halogens is 1. The van der Waals surface area contributed by atoms with Crippen LogP contribution in [0.5, 0.6) is 0 Å². The number of nitrogens with one attached hydrogen (secondary N) is 3. The van der Waals surface area contributed by atoms with Gasteiger partial charge in [-0.1, -0.05) is 32.1 Å². The smallest absolute Gasteiger partial charge is 0.226 e. The quantitative estimate of drug-likeness (QED) is 0.272. The number of allylic oxidation sites excluding steroid dienone is 2. The topological polar surface area (TPSA) is 105 Å². The average molecular weight is 531 g/mol. The third-order valence-electron chi connectivity index (χ3n) is 7.56. The first-order chi connectivity index (χ1) is 19.4. The molecule has 3 aliphatic rings. The fraction of sp³-hybridized carbons (Fsp3) is 0.188. The minimum atomic E-state index is -0.256. The second-order valence-electron chi connectivity index (χ2n) is 10.7. The van der Waals surface area contributed by atoms with E-state index in [2.05, 4.69) is 44.9 Å². The Morgan fingerprint density at radius 1 is 0.975 bits per heavy atom. The Bertz CT molecular complexity index is 1780. The molecular formula is C32H27FN6O. The normalized spacial score (nSPS) is 18.5. The molecule has 3 aromatic heterocycles. The molecule has 0 spiro atoms. The fourth-order valence-corrected chi connectivity index (χ4v) is 5.34. The van der Waals surface area contributed by atoms with Crippen LogP contribution < -0.4 is 10.6 Å². The van der Waals surface area contributed by atoms with Crippen molar-refractivity contribution >= 4 is 22.9 Å². The number of H-pyrrole nitrogens is 1. The third kappa shape index (κ3) is 4.12. The van der Waals surface area contributed by atoms with Crippen molar-refractivity contribution < 1.29 is 9.18 Å². The summed E-state index contributed by atoms with van der Waals surface area (Å²) in [7, 11) is 0. The molecule has 7 nitrogen and oxygen atoms in total. The van der Waals surface area contributed by atoms with Crippen LogP contribution >= 0.6 is 0 Å². The highest BCUT2D eigenvalue weighted by Gasteiger charge is 2.37. The number of fused-ring (bicyclic) bond motifs is 4. The number of aromatic nitrogens is 3. The van der Waals surface area contributed by atoms with E-state index in [0.29, 0.717) is 5.69 Å². The lowest BCUT2D eigenvalue weighted by atomic mass is 9.96. The first-order valence-corrected chi connectivity index (χ1v) is 13.4. The van der Waals surface area contributed by atoms with Crippen molar-refractivity contribution in [2.24, 2.45) is 10.9 Å². The molecule has 0 bridgehead atoms. The van der Waals surface area contributed by atoms with Gasteiger partial charge in [-0.2, -0.15) is 0 Å². The molecule has 0 radical (unpaired) electrons. The Hall–Kier alpha value is -4.85. The number of hydrogen-bond acceptors (Lipinski definition) is 5. The second kappa shape index (κ2) is 9.12. The molecule has 1 fully saturated rings. The predicted molar refractivity (Wildman–Crippen MR) is 153 cm³/mol. The Morgan fingerprint density at radius 2 is 1.77 bits per heavy atom. The summed E-state index contributed by atoms with van der Waals surface area (Å²) < 4.78 is 13.7. The summed E-state index contributed by atoms with van der Waals surface area (Å²) in [5.74, 6) is -0.441. The van der Waals surface area contributed by atoms with Crippen LogP contribution in [0.3, 0.4) is 0 Å². The average Bonchev–Trinajstić information content (AvgIpc) is 3.51. The number of aliphatic imine (C=N–C) groups is 1. The van der Waals surface area contributed by atoms with Crippen molar-refractivity contribution in [1.29, 1.82) is 0 Å². The number of hydrogen-bond donors (Lipinski definition) is 3. The molecule has 3 N–H and O–H groups in total. The van der Waals surface area contributed by atoms with Gasteiger partial charge in [0.15, 0.2) is 0 Å². The monoisotopic (exact) mass is 530 g/mol. The zero-order valence-corrected chi connectivity index (χ0v) is 22.3. The van der Waals surface area contributed by atoms with Crippen LogP contribution in [-0.4, -0.2) is 26.6 Å². The number of pyridine rings is 2. The van der Waals surface area contributed by atoms with Crippen LogP contribution in [0.2, 0.25) is 0 Å². The maximum absolute atomic E-state index is 13.7. The van der Waals surface area contributed by atoms with Gasteiger partial charge >= 0.3 is 0 Å². The third-order valence-corrected chi connectivity index (χ3v) is 7.56. The zero-order valence-electron chi connectivity index (χ0n) is 22.3. The number of anilines is 1. The maximum Gasteiger partial charge on any atom is 0.226 e. The van der Waals surface area contributed by atoms with Gasteiger partial charge in [0.1, 0.15) is 11.9 Å². The summed E-state index contributed by atoms with van der Waals surface area (Å²) in [5.41, 5.74) is 11.3. The molecular weight excluding hydrogens is 503 g/mol. The maximum atomic E-state index is 13.7. The molecule has 1 amide bonds. The summed E-state index contributed by atoms with van der Waals surface area (Å²) >= 11 is 0. The van der Waals surface area contributed by atoms with Gasteiger partial charge < -0.3 is 15.6 Å². The number of carbonyl (C=O) groups is 1. The van der Waals surface area contributed by atoms with E-state index < -0.39 is 0 Å². The SMILES string of the molecule is CC(C)C(=O)Nc1cncc(-c2cnc3c(c2)C(c2cc4c([nH]2)C2NC2=CC=C4c2ccc(F)cc2)=N[C@H]3C)c1. The number of amides is 1. The molecule has 198 valence electrons. The van der Waals surface area contributed by atoms with Crippen LogP contribution in [0.15, 0.2) is 83.9 Å². The van der Waals surface area contributed by atoms with Crippen LogP contribution in [0.1, 0.15) is 66.6 Å². The molecule has 0 saturated carbocycles. The molecule has 8 heteroatoms. The predicted octanol–water partition coefficient (Wildman–Crippen LogP) is 6.09. The van der Waals surface area contributed by atoms with Gasteiger partial charge in [-0.15, -0.1) is 0 Å². The Labute approximate surface area is 231 Å². The van der Waals surface area contributed by atoms with Crippen molar-refractivity contribution in [3.8, 4) is 11.1 Å². The van der Waals surface area contributed by atoms with Gasteiger partial charge in [-0.3, -0.25) is 19.8 Å². The fourth-order valence-electron chi connectivity index (χ4n) is 5.34. The van der Waals surface area contributed by atoms with E-state index in [-0.39, 0.29) is 29.7 Å². The highest BCUT2D eigenvalue weighted by molar-refractivity contribution is 6.15. The highest BCUT2D eigenvalue weighted by atomic mass is 19.1. The van der Waals surface area contributed by atoms with E-state index in [1.165, 1.54) is 12.1 Å². The van der Waals surface area contributed by atoms with Gasteiger partial charge in [-0.05, 0) is 54.5 Å². The van der Waals surface area contributed by atoms with Gasteiger partial charge in [-0.25, -0.2) is 4.39 Å². The van der Waals surface area contributed by atoms with E-state index in [0.717, 1.165) is 61.9 Å². The molecule has 2 atom stereocenters. The first-order valence-electron chi connectivity index (χ1n) is 13.4.